The fourth-order valence-electron chi connectivity index (χ4n) is 3.26. The van der Waals surface area contributed by atoms with E-state index in [-0.39, 0.29) is 24.4 Å². The largest absolute Gasteiger partial charge is 0.481 e. The standard InChI is InChI=1S/C19H17N3O6S4/c23-12(5-9-3-4-29-6-9)21-14-16(26)22-15(18(27)28)11(8-30-17(14)22)32-19-20-10(7-31-19)1-2-13(24)25/h3-4,6-7,14,17H,1-2,5,8H2,(H,21,23)(H,24,25)(H,27,28)/t14-,17+/m1/s1. The Hall–Kier alpha value is -2.35. The molecule has 0 aliphatic carbocycles. The summed E-state index contributed by atoms with van der Waals surface area (Å²) >= 11 is 5.36. The zero-order valence-electron chi connectivity index (χ0n) is 16.3. The predicted octanol–water partition coefficient (Wildman–Crippen LogP) is 2.25. The predicted molar refractivity (Wildman–Crippen MR) is 122 cm³/mol. The number of rotatable bonds is 9. The second-order valence-electron chi connectivity index (χ2n) is 6.94. The van der Waals surface area contributed by atoms with Gasteiger partial charge >= 0.3 is 11.9 Å². The highest BCUT2D eigenvalue weighted by atomic mass is 32.2. The maximum absolute atomic E-state index is 12.7. The highest BCUT2D eigenvalue weighted by Crippen LogP contribution is 2.45. The van der Waals surface area contributed by atoms with Crippen molar-refractivity contribution in [1.29, 1.82) is 0 Å². The van der Waals surface area contributed by atoms with Crippen molar-refractivity contribution in [2.24, 2.45) is 0 Å². The lowest BCUT2D eigenvalue weighted by molar-refractivity contribution is -0.150. The summed E-state index contributed by atoms with van der Waals surface area (Å²) in [5, 5.41) is 26.3. The second-order valence-corrected chi connectivity index (χ2v) is 11.0. The van der Waals surface area contributed by atoms with Gasteiger partial charge in [-0.15, -0.1) is 23.1 Å². The Balaban J connectivity index is 1.44. The maximum Gasteiger partial charge on any atom is 0.353 e. The molecule has 2 atom stereocenters. The normalized spacial score (nSPS) is 20.0. The molecule has 2 aliphatic rings. The Kier molecular flexibility index (Phi) is 6.88. The Morgan fingerprint density at radius 3 is 2.78 bits per heavy atom. The van der Waals surface area contributed by atoms with Gasteiger partial charge in [-0.1, -0.05) is 11.8 Å². The van der Waals surface area contributed by atoms with Crippen LogP contribution in [0, 0.1) is 0 Å². The number of aryl methyl sites for hydroxylation is 1. The van der Waals surface area contributed by atoms with E-state index >= 15 is 0 Å². The zero-order chi connectivity index (χ0) is 22.8. The fourth-order valence-corrected chi connectivity index (χ4v) is 7.44. The summed E-state index contributed by atoms with van der Waals surface area (Å²) in [5.74, 6) is -2.48. The molecule has 1 saturated heterocycles. The minimum absolute atomic E-state index is 0.0315. The molecular formula is C19H17N3O6S4. The van der Waals surface area contributed by atoms with E-state index in [4.69, 9.17) is 5.11 Å². The van der Waals surface area contributed by atoms with E-state index in [9.17, 15) is 24.3 Å². The highest BCUT2D eigenvalue weighted by molar-refractivity contribution is 8.07. The lowest BCUT2D eigenvalue weighted by atomic mass is 10.0. The van der Waals surface area contributed by atoms with E-state index in [1.807, 2.05) is 16.8 Å². The zero-order valence-corrected chi connectivity index (χ0v) is 19.6. The van der Waals surface area contributed by atoms with Crippen LogP contribution in [0.15, 0.2) is 37.1 Å². The van der Waals surface area contributed by atoms with Crippen molar-refractivity contribution in [3.63, 3.8) is 0 Å². The minimum atomic E-state index is -1.21. The van der Waals surface area contributed by atoms with Gasteiger partial charge in [0.1, 0.15) is 17.1 Å². The summed E-state index contributed by atoms with van der Waals surface area (Å²) in [5.41, 5.74) is 1.41. The third-order valence-corrected chi connectivity index (χ3v) is 9.00. The summed E-state index contributed by atoms with van der Waals surface area (Å²) in [6, 6.07) is 1.09. The van der Waals surface area contributed by atoms with E-state index in [1.165, 1.54) is 51.1 Å². The molecule has 1 fully saturated rings. The SMILES string of the molecule is O=C(O)CCc1csc(SC2=C(C(=O)O)N3C(=O)[C@@H](NC(=O)Cc4ccsc4)[C@@H]3SC2)n1. The quantitative estimate of drug-likeness (QED) is 0.433. The number of carbonyl (C=O) groups is 4. The van der Waals surface area contributed by atoms with Gasteiger partial charge in [-0.05, 0) is 22.4 Å². The first kappa shape index (κ1) is 22.8. The number of carboxylic acid groups (broad SMARTS) is 2. The number of hydrogen-bond acceptors (Lipinski definition) is 9. The van der Waals surface area contributed by atoms with Crippen LogP contribution in [0.3, 0.4) is 0 Å². The number of carboxylic acids is 2. The number of aromatic nitrogens is 1. The van der Waals surface area contributed by atoms with Crippen molar-refractivity contribution in [2.45, 2.75) is 35.0 Å². The molecule has 9 nitrogen and oxygen atoms in total. The molecule has 2 aromatic rings. The summed E-state index contributed by atoms with van der Waals surface area (Å²) in [7, 11) is 0. The molecule has 0 saturated carbocycles. The number of carbonyl (C=O) groups excluding carboxylic acids is 2. The van der Waals surface area contributed by atoms with Crippen LogP contribution >= 0.6 is 46.2 Å². The van der Waals surface area contributed by atoms with Crippen LogP contribution in [0.1, 0.15) is 17.7 Å². The number of fused-ring (bicyclic) bond motifs is 1. The van der Waals surface area contributed by atoms with Crippen LogP contribution in [0.4, 0.5) is 0 Å². The van der Waals surface area contributed by atoms with Crippen LogP contribution in [-0.4, -0.2) is 61.0 Å². The number of β-lactam (4-membered cyclic amide) rings is 1. The van der Waals surface area contributed by atoms with Gasteiger partial charge in [0.05, 0.1) is 18.5 Å². The van der Waals surface area contributed by atoms with E-state index < -0.39 is 29.3 Å². The lowest BCUT2D eigenvalue weighted by Crippen LogP contribution is -2.70. The number of aliphatic carboxylic acids is 2. The third-order valence-electron chi connectivity index (χ3n) is 4.73. The Morgan fingerprint density at radius 2 is 2.09 bits per heavy atom. The molecule has 3 N–H and O–H groups in total. The molecule has 0 aromatic carbocycles. The van der Waals surface area contributed by atoms with Crippen molar-refractivity contribution in [2.75, 3.05) is 5.75 Å². The van der Waals surface area contributed by atoms with Gasteiger partial charge in [0.25, 0.3) is 5.91 Å². The molecule has 0 bridgehead atoms. The molecule has 2 aliphatic heterocycles. The number of nitrogens with one attached hydrogen (secondary N) is 1. The first-order valence-electron chi connectivity index (χ1n) is 9.39. The van der Waals surface area contributed by atoms with Gasteiger partial charge in [0, 0.05) is 22.5 Å². The van der Waals surface area contributed by atoms with Crippen molar-refractivity contribution in [1.82, 2.24) is 15.2 Å². The Morgan fingerprint density at radius 1 is 1.28 bits per heavy atom. The highest BCUT2D eigenvalue weighted by Gasteiger charge is 2.54. The number of hydrogen-bond donors (Lipinski definition) is 3. The van der Waals surface area contributed by atoms with Gasteiger partial charge in [0.15, 0.2) is 4.34 Å². The summed E-state index contributed by atoms with van der Waals surface area (Å²) in [4.78, 5) is 53.8. The van der Waals surface area contributed by atoms with Gasteiger partial charge in [0.2, 0.25) is 5.91 Å². The molecule has 32 heavy (non-hydrogen) atoms. The minimum Gasteiger partial charge on any atom is -0.481 e. The smallest absolute Gasteiger partial charge is 0.353 e. The maximum atomic E-state index is 12.7. The fraction of sp³-hybridized carbons (Fsp3) is 0.316. The second kappa shape index (κ2) is 9.65. The van der Waals surface area contributed by atoms with Crippen LogP contribution in [0.5, 0.6) is 0 Å². The van der Waals surface area contributed by atoms with Crippen molar-refractivity contribution in [3.8, 4) is 0 Å². The average Bonchev–Trinajstić information content (AvgIpc) is 3.42. The molecule has 0 radical (unpaired) electrons. The molecular weight excluding hydrogens is 494 g/mol. The third kappa shape index (κ3) is 4.85. The van der Waals surface area contributed by atoms with Gasteiger partial charge < -0.3 is 15.5 Å². The summed E-state index contributed by atoms with van der Waals surface area (Å²) < 4.78 is 0.590. The van der Waals surface area contributed by atoms with Crippen LogP contribution < -0.4 is 5.32 Å². The topological polar surface area (TPSA) is 137 Å². The van der Waals surface area contributed by atoms with Crippen LogP contribution in [0.25, 0.3) is 0 Å². The number of amides is 2. The molecule has 2 amide bonds. The van der Waals surface area contributed by atoms with Crippen LogP contribution in [-0.2, 0) is 32.0 Å². The number of nitrogens with zero attached hydrogens (tertiary/aromatic N) is 2. The van der Waals surface area contributed by atoms with E-state index in [2.05, 4.69) is 10.3 Å². The number of thioether (sulfide) groups is 2. The first-order valence-corrected chi connectivity index (χ1v) is 13.1. The Labute approximate surface area is 198 Å². The Bertz CT molecular complexity index is 1100. The van der Waals surface area contributed by atoms with E-state index in [0.717, 1.165) is 5.56 Å². The molecule has 2 aromatic heterocycles. The molecule has 4 heterocycles. The van der Waals surface area contributed by atoms with Gasteiger partial charge in [-0.3, -0.25) is 19.3 Å². The monoisotopic (exact) mass is 511 g/mol. The van der Waals surface area contributed by atoms with E-state index in [0.29, 0.717) is 27.1 Å². The molecule has 13 heteroatoms. The molecule has 168 valence electrons. The van der Waals surface area contributed by atoms with Crippen molar-refractivity contribution in [3.05, 3.63) is 44.1 Å². The first-order chi connectivity index (χ1) is 15.3. The lowest BCUT2D eigenvalue weighted by Gasteiger charge is -2.49. The molecule has 4 rings (SSSR count). The molecule has 0 spiro atoms. The summed E-state index contributed by atoms with van der Waals surface area (Å²) in [6.07, 6.45) is 0.434. The van der Waals surface area contributed by atoms with Gasteiger partial charge in [-0.2, -0.15) is 11.3 Å². The van der Waals surface area contributed by atoms with Gasteiger partial charge in [-0.25, -0.2) is 9.78 Å². The van der Waals surface area contributed by atoms with Crippen LogP contribution in [0.2, 0.25) is 0 Å². The number of thiazole rings is 1. The number of thiophene rings is 1. The summed E-state index contributed by atoms with van der Waals surface area (Å²) in [6.45, 7) is 0. The van der Waals surface area contributed by atoms with Crippen molar-refractivity contribution >= 4 is 70.0 Å². The van der Waals surface area contributed by atoms with E-state index in [1.54, 1.807) is 5.38 Å². The molecule has 0 unspecified atom stereocenters. The van der Waals surface area contributed by atoms with Crippen molar-refractivity contribution < 1.29 is 29.4 Å². The average molecular weight is 512 g/mol.